The number of piperidine rings is 1. The van der Waals surface area contributed by atoms with Gasteiger partial charge in [0.15, 0.2) is 0 Å². The lowest BCUT2D eigenvalue weighted by atomic mass is 9.83. The summed E-state index contributed by atoms with van der Waals surface area (Å²) in [5, 5.41) is 3.26. The molecular formula is C18H34ClN5O. The zero-order valence-corrected chi connectivity index (χ0v) is 16.6. The Hall–Kier alpha value is -0.400. The number of alkyl halides is 1. The van der Waals surface area contributed by atoms with E-state index >= 15 is 0 Å². The van der Waals surface area contributed by atoms with Crippen LogP contribution in [0.2, 0.25) is 0 Å². The molecule has 7 heteroatoms. The van der Waals surface area contributed by atoms with Gasteiger partial charge in [0.2, 0.25) is 0 Å². The predicted octanol–water partition coefficient (Wildman–Crippen LogP) is 0.627. The molecule has 0 aromatic carbocycles. The highest BCUT2D eigenvalue weighted by molar-refractivity contribution is 6.31. The first-order valence-corrected chi connectivity index (χ1v) is 10.3. The lowest BCUT2D eigenvalue weighted by Crippen LogP contribution is -2.66. The van der Waals surface area contributed by atoms with Crippen LogP contribution in [0.1, 0.15) is 33.6 Å². The largest absolute Gasteiger partial charge is 0.313 e. The zero-order valence-electron chi connectivity index (χ0n) is 15.8. The molecule has 3 aliphatic heterocycles. The van der Waals surface area contributed by atoms with Gasteiger partial charge in [-0.1, -0.05) is 13.8 Å². The number of carbonyl (C=O) groups is 1. The summed E-state index contributed by atoms with van der Waals surface area (Å²) in [4.78, 5) is 16.9. The van der Waals surface area contributed by atoms with Gasteiger partial charge in [0.25, 0.3) is 5.91 Å². The van der Waals surface area contributed by atoms with E-state index in [9.17, 15) is 4.79 Å². The Morgan fingerprint density at radius 2 is 2.12 bits per heavy atom. The Bertz CT molecular complexity index is 463. The van der Waals surface area contributed by atoms with E-state index in [1.165, 1.54) is 19.4 Å². The van der Waals surface area contributed by atoms with Crippen molar-refractivity contribution in [3.8, 4) is 0 Å². The summed E-state index contributed by atoms with van der Waals surface area (Å²) in [7, 11) is 0. The van der Waals surface area contributed by atoms with Crippen LogP contribution < -0.4 is 16.2 Å². The maximum Gasteiger partial charge on any atom is 0.253 e. The Kier molecular flexibility index (Phi) is 6.60. The molecule has 0 aromatic rings. The van der Waals surface area contributed by atoms with Crippen LogP contribution in [0.3, 0.4) is 0 Å². The summed E-state index contributed by atoms with van der Waals surface area (Å²) in [6, 6.07) is 1.13. The average Bonchev–Trinajstić information content (AvgIpc) is 2.58. The number of rotatable bonds is 4. The maximum atomic E-state index is 11.8. The molecule has 0 saturated carbocycles. The number of carbonyl (C=O) groups excluding carboxylic acids is 1. The van der Waals surface area contributed by atoms with E-state index < -0.39 is 5.38 Å². The summed E-state index contributed by atoms with van der Waals surface area (Å²) in [5.74, 6) is 1.32. The molecule has 5 atom stereocenters. The summed E-state index contributed by atoms with van der Waals surface area (Å²) in [6.07, 6.45) is 2.63. The molecule has 3 saturated heterocycles. The Morgan fingerprint density at radius 3 is 2.84 bits per heavy atom. The van der Waals surface area contributed by atoms with Crippen molar-refractivity contribution in [1.82, 2.24) is 26.0 Å². The van der Waals surface area contributed by atoms with Gasteiger partial charge in [0.1, 0.15) is 5.38 Å². The monoisotopic (exact) mass is 371 g/mol. The third-order valence-corrected chi connectivity index (χ3v) is 6.64. The van der Waals surface area contributed by atoms with Gasteiger partial charge >= 0.3 is 0 Å². The first-order chi connectivity index (χ1) is 12.0. The highest BCUT2D eigenvalue weighted by Crippen LogP contribution is 2.25. The maximum absolute atomic E-state index is 11.8. The molecule has 0 aliphatic carbocycles. The van der Waals surface area contributed by atoms with Gasteiger partial charge in [-0.25, -0.2) is 5.43 Å². The van der Waals surface area contributed by atoms with E-state index in [2.05, 4.69) is 46.7 Å². The summed E-state index contributed by atoms with van der Waals surface area (Å²) in [6.45, 7) is 13.1. The van der Waals surface area contributed by atoms with Gasteiger partial charge in [-0.2, -0.15) is 0 Å². The van der Waals surface area contributed by atoms with E-state index in [1.807, 2.05) is 0 Å². The number of amides is 1. The van der Waals surface area contributed by atoms with Crippen LogP contribution in [0, 0.1) is 11.8 Å². The number of hydrogen-bond donors (Lipinski definition) is 3. The molecule has 0 spiro atoms. The second-order valence-corrected chi connectivity index (χ2v) is 8.78. The van der Waals surface area contributed by atoms with Gasteiger partial charge in [0, 0.05) is 50.8 Å². The van der Waals surface area contributed by atoms with Crippen molar-refractivity contribution in [2.75, 3.05) is 39.3 Å². The predicted molar refractivity (Wildman–Crippen MR) is 102 cm³/mol. The molecule has 3 N–H and O–H groups in total. The second-order valence-electron chi connectivity index (χ2n) is 8.31. The highest BCUT2D eigenvalue weighted by atomic mass is 35.5. The second kappa shape index (κ2) is 8.53. The Labute approximate surface area is 157 Å². The number of nitrogens with one attached hydrogen (secondary N) is 3. The molecule has 1 amide bonds. The Balaban J connectivity index is 1.55. The first kappa shape index (κ1) is 19.4. The number of hydrogen-bond acceptors (Lipinski definition) is 5. The van der Waals surface area contributed by atoms with E-state index in [0.29, 0.717) is 24.5 Å². The topological polar surface area (TPSA) is 59.6 Å². The van der Waals surface area contributed by atoms with Crippen molar-refractivity contribution < 1.29 is 4.79 Å². The number of halogens is 1. The van der Waals surface area contributed by atoms with Crippen molar-refractivity contribution in [3.63, 3.8) is 0 Å². The summed E-state index contributed by atoms with van der Waals surface area (Å²) in [5.41, 5.74) is 5.61. The quantitative estimate of drug-likeness (QED) is 0.633. The van der Waals surface area contributed by atoms with Gasteiger partial charge in [-0.3, -0.25) is 15.1 Å². The van der Waals surface area contributed by atoms with Gasteiger partial charge < -0.3 is 10.2 Å². The van der Waals surface area contributed by atoms with E-state index in [1.54, 1.807) is 0 Å². The van der Waals surface area contributed by atoms with Crippen LogP contribution >= 0.6 is 11.6 Å². The van der Waals surface area contributed by atoms with Crippen LogP contribution in [0.5, 0.6) is 0 Å². The minimum atomic E-state index is -0.469. The zero-order chi connectivity index (χ0) is 18.0. The molecule has 6 nitrogen and oxygen atoms in total. The smallest absolute Gasteiger partial charge is 0.253 e. The van der Waals surface area contributed by atoms with Crippen molar-refractivity contribution in [2.24, 2.45) is 11.8 Å². The number of piperazine rings is 1. The fraction of sp³-hybridized carbons (Fsp3) is 0.944. The van der Waals surface area contributed by atoms with Crippen molar-refractivity contribution in [1.29, 1.82) is 0 Å². The molecule has 4 unspecified atom stereocenters. The van der Waals surface area contributed by atoms with E-state index in [4.69, 9.17) is 11.6 Å². The lowest BCUT2D eigenvalue weighted by Gasteiger charge is -2.47. The minimum Gasteiger partial charge on any atom is -0.313 e. The van der Waals surface area contributed by atoms with Gasteiger partial charge in [-0.05, 0) is 38.1 Å². The SMILES string of the molecule is CC(C)C1NCCCC1CN1CCN(C2CNNC(=O)C2Cl)[C@H](C)C1. The van der Waals surface area contributed by atoms with E-state index in [-0.39, 0.29) is 11.9 Å². The molecule has 0 bridgehead atoms. The fourth-order valence-corrected chi connectivity index (χ4v) is 5.16. The average molecular weight is 372 g/mol. The minimum absolute atomic E-state index is 0.0762. The molecule has 3 aliphatic rings. The molecule has 25 heavy (non-hydrogen) atoms. The van der Waals surface area contributed by atoms with Crippen molar-refractivity contribution in [2.45, 2.75) is 57.1 Å². The number of hydrazine groups is 1. The normalized spacial score (nSPS) is 38.8. The van der Waals surface area contributed by atoms with Crippen LogP contribution in [-0.4, -0.2) is 78.5 Å². The van der Waals surface area contributed by atoms with Crippen molar-refractivity contribution in [3.05, 3.63) is 0 Å². The third kappa shape index (κ3) is 4.48. The van der Waals surface area contributed by atoms with Crippen LogP contribution in [-0.2, 0) is 4.79 Å². The van der Waals surface area contributed by atoms with E-state index in [0.717, 1.165) is 32.1 Å². The Morgan fingerprint density at radius 1 is 1.32 bits per heavy atom. The molecule has 0 aromatic heterocycles. The summed E-state index contributed by atoms with van der Waals surface area (Å²) >= 11 is 6.36. The van der Waals surface area contributed by atoms with Gasteiger partial charge in [0.05, 0.1) is 0 Å². The molecular weight excluding hydrogens is 338 g/mol. The van der Waals surface area contributed by atoms with Crippen LogP contribution in [0.15, 0.2) is 0 Å². The molecule has 3 fully saturated rings. The summed E-state index contributed by atoms with van der Waals surface area (Å²) < 4.78 is 0. The lowest BCUT2D eigenvalue weighted by molar-refractivity contribution is -0.125. The molecule has 144 valence electrons. The van der Waals surface area contributed by atoms with Gasteiger partial charge in [-0.15, -0.1) is 11.6 Å². The molecule has 3 rings (SSSR count). The van der Waals surface area contributed by atoms with Crippen LogP contribution in [0.25, 0.3) is 0 Å². The fourth-order valence-electron chi connectivity index (χ4n) is 4.88. The first-order valence-electron chi connectivity index (χ1n) is 9.85. The standard InChI is InChI=1S/C18H34ClN5O/c1-12(2)17-14(5-4-6-20-17)11-23-7-8-24(13(3)10-23)15-9-21-22-18(25)16(15)19/h12-17,20-21H,4-11H2,1-3H3,(H,22,25)/t13-,14?,15?,16?,17?/m1/s1. The number of nitrogens with zero attached hydrogens (tertiary/aromatic N) is 2. The highest BCUT2D eigenvalue weighted by Gasteiger charge is 2.39. The van der Waals surface area contributed by atoms with Crippen LogP contribution in [0.4, 0.5) is 0 Å². The third-order valence-electron chi connectivity index (χ3n) is 6.15. The molecule has 3 heterocycles. The molecule has 0 radical (unpaired) electrons. The van der Waals surface area contributed by atoms with Crippen molar-refractivity contribution >= 4 is 17.5 Å².